The van der Waals surface area contributed by atoms with Crippen LogP contribution in [0.5, 0.6) is 0 Å². The van der Waals surface area contributed by atoms with E-state index in [2.05, 4.69) is 5.32 Å². The van der Waals surface area contributed by atoms with Gasteiger partial charge >= 0.3 is 0 Å². The molecule has 0 heterocycles. The van der Waals surface area contributed by atoms with E-state index in [4.69, 9.17) is 5.11 Å². The molecule has 1 unspecified atom stereocenters. The summed E-state index contributed by atoms with van der Waals surface area (Å²) in [6.45, 7) is 3.75. The molecular weight excluding hydrogens is 253 g/mol. The highest BCUT2D eigenvalue weighted by Crippen LogP contribution is 2.20. The Bertz CT molecular complexity index is 398. The second kappa shape index (κ2) is 7.38. The summed E-state index contributed by atoms with van der Waals surface area (Å²) in [5, 5.41) is 11.8. The summed E-state index contributed by atoms with van der Waals surface area (Å²) in [6, 6.07) is 6.09. The monoisotopic (exact) mass is 271 g/mol. The lowest BCUT2D eigenvalue weighted by molar-refractivity contribution is -0.119. The molecule has 5 heteroatoms. The van der Waals surface area contributed by atoms with Crippen LogP contribution in [0.4, 0.5) is 4.39 Å². The third-order valence-corrected chi connectivity index (χ3v) is 3.59. The van der Waals surface area contributed by atoms with E-state index in [1.165, 1.54) is 6.07 Å². The molecule has 100 valence electrons. The van der Waals surface area contributed by atoms with E-state index in [1.54, 1.807) is 18.2 Å². The van der Waals surface area contributed by atoms with Gasteiger partial charge in [-0.1, -0.05) is 26.0 Å². The molecule has 1 amide bonds. The Hall–Kier alpha value is -1.07. The fraction of sp³-hybridized carbons (Fsp3) is 0.462. The summed E-state index contributed by atoms with van der Waals surface area (Å²) in [5.41, 5.74) is 0. The van der Waals surface area contributed by atoms with Crippen LogP contribution in [0.15, 0.2) is 29.2 Å². The lowest BCUT2D eigenvalue weighted by Gasteiger charge is -2.19. The van der Waals surface area contributed by atoms with Crippen molar-refractivity contribution < 1.29 is 14.3 Å². The second-order valence-electron chi connectivity index (χ2n) is 4.32. The van der Waals surface area contributed by atoms with Gasteiger partial charge in [-0.05, 0) is 18.1 Å². The molecule has 0 bridgehead atoms. The third kappa shape index (κ3) is 4.66. The van der Waals surface area contributed by atoms with E-state index in [0.717, 1.165) is 11.8 Å². The Morgan fingerprint density at radius 3 is 2.67 bits per heavy atom. The maximum Gasteiger partial charge on any atom is 0.230 e. The van der Waals surface area contributed by atoms with E-state index in [0.29, 0.717) is 4.90 Å². The molecular formula is C13H18FNO2S. The summed E-state index contributed by atoms with van der Waals surface area (Å²) in [6.07, 6.45) is 0. The van der Waals surface area contributed by atoms with Crippen LogP contribution < -0.4 is 5.32 Å². The largest absolute Gasteiger partial charge is 0.394 e. The van der Waals surface area contributed by atoms with Crippen molar-refractivity contribution in [1.82, 2.24) is 5.32 Å². The number of hydrogen-bond acceptors (Lipinski definition) is 3. The van der Waals surface area contributed by atoms with Crippen molar-refractivity contribution in [3.8, 4) is 0 Å². The SMILES string of the molecule is CC(C)C(CO)NC(=O)CSc1ccccc1F. The number of rotatable bonds is 6. The zero-order valence-corrected chi connectivity index (χ0v) is 11.3. The zero-order valence-electron chi connectivity index (χ0n) is 10.5. The Morgan fingerprint density at radius 2 is 2.11 bits per heavy atom. The summed E-state index contributed by atoms with van der Waals surface area (Å²) >= 11 is 1.15. The molecule has 0 saturated heterocycles. The molecule has 0 radical (unpaired) electrons. The molecule has 3 nitrogen and oxygen atoms in total. The molecule has 1 aromatic carbocycles. The minimum absolute atomic E-state index is 0.0895. The first kappa shape index (κ1) is 15.0. The number of carbonyl (C=O) groups excluding carboxylic acids is 1. The Labute approximate surface area is 111 Å². The lowest BCUT2D eigenvalue weighted by atomic mass is 10.1. The molecule has 2 N–H and O–H groups in total. The van der Waals surface area contributed by atoms with Crippen molar-refractivity contribution in [2.24, 2.45) is 5.92 Å². The van der Waals surface area contributed by atoms with Crippen molar-refractivity contribution in [2.45, 2.75) is 24.8 Å². The fourth-order valence-electron chi connectivity index (χ4n) is 1.38. The molecule has 0 aliphatic heterocycles. The van der Waals surface area contributed by atoms with Gasteiger partial charge in [-0.3, -0.25) is 4.79 Å². The van der Waals surface area contributed by atoms with Crippen LogP contribution in [-0.4, -0.2) is 29.4 Å². The molecule has 1 rings (SSSR count). The minimum Gasteiger partial charge on any atom is -0.394 e. The first-order valence-corrected chi connectivity index (χ1v) is 6.80. The standard InChI is InChI=1S/C13H18FNO2S/c1-9(2)11(7-16)15-13(17)8-18-12-6-4-3-5-10(12)14/h3-6,9,11,16H,7-8H2,1-2H3,(H,15,17). The number of benzene rings is 1. The molecule has 0 saturated carbocycles. The predicted octanol–water partition coefficient (Wildman–Crippen LogP) is 2.05. The molecule has 0 spiro atoms. The average Bonchev–Trinajstić information content (AvgIpc) is 2.34. The molecule has 1 aromatic rings. The number of amides is 1. The van der Waals surface area contributed by atoms with E-state index in [9.17, 15) is 9.18 Å². The van der Waals surface area contributed by atoms with Gasteiger partial charge in [-0.2, -0.15) is 0 Å². The molecule has 1 atom stereocenters. The normalized spacial score (nSPS) is 12.5. The summed E-state index contributed by atoms with van der Waals surface area (Å²) in [5.74, 6) is -0.212. The van der Waals surface area contributed by atoms with E-state index in [-0.39, 0.29) is 36.0 Å². The predicted molar refractivity (Wildman–Crippen MR) is 71.0 cm³/mol. The van der Waals surface area contributed by atoms with Crippen LogP contribution in [0.3, 0.4) is 0 Å². The average molecular weight is 271 g/mol. The van der Waals surface area contributed by atoms with Crippen molar-refractivity contribution in [3.63, 3.8) is 0 Å². The van der Waals surface area contributed by atoms with Gasteiger partial charge in [-0.25, -0.2) is 4.39 Å². The number of nitrogens with one attached hydrogen (secondary N) is 1. The molecule has 18 heavy (non-hydrogen) atoms. The van der Waals surface area contributed by atoms with Gasteiger partial charge in [0.1, 0.15) is 5.82 Å². The van der Waals surface area contributed by atoms with E-state index < -0.39 is 0 Å². The highest BCUT2D eigenvalue weighted by molar-refractivity contribution is 8.00. The number of thioether (sulfide) groups is 1. The van der Waals surface area contributed by atoms with E-state index >= 15 is 0 Å². The summed E-state index contributed by atoms with van der Waals surface area (Å²) < 4.78 is 13.3. The quantitative estimate of drug-likeness (QED) is 0.779. The van der Waals surface area contributed by atoms with Gasteiger partial charge in [0.15, 0.2) is 0 Å². The maximum atomic E-state index is 13.3. The fourth-order valence-corrected chi connectivity index (χ4v) is 2.13. The summed E-state index contributed by atoms with van der Waals surface area (Å²) in [4.78, 5) is 12.1. The van der Waals surface area contributed by atoms with Gasteiger partial charge in [-0.15, -0.1) is 11.8 Å². The van der Waals surface area contributed by atoms with Crippen LogP contribution in [0.25, 0.3) is 0 Å². The summed E-state index contributed by atoms with van der Waals surface area (Å²) in [7, 11) is 0. The van der Waals surface area contributed by atoms with Crippen molar-refractivity contribution >= 4 is 17.7 Å². The number of aliphatic hydroxyl groups excluding tert-OH is 1. The van der Waals surface area contributed by atoms with Crippen molar-refractivity contribution in [2.75, 3.05) is 12.4 Å². The number of aliphatic hydroxyl groups is 1. The van der Waals surface area contributed by atoms with Gasteiger partial charge in [0.25, 0.3) is 0 Å². The smallest absolute Gasteiger partial charge is 0.230 e. The highest BCUT2D eigenvalue weighted by Gasteiger charge is 2.15. The van der Waals surface area contributed by atoms with Crippen LogP contribution in [0.2, 0.25) is 0 Å². The topological polar surface area (TPSA) is 49.3 Å². The van der Waals surface area contributed by atoms with Crippen molar-refractivity contribution in [1.29, 1.82) is 0 Å². The van der Waals surface area contributed by atoms with Gasteiger partial charge in [0, 0.05) is 4.90 Å². The lowest BCUT2D eigenvalue weighted by Crippen LogP contribution is -2.41. The maximum absolute atomic E-state index is 13.3. The second-order valence-corrected chi connectivity index (χ2v) is 5.34. The first-order chi connectivity index (χ1) is 8.54. The Morgan fingerprint density at radius 1 is 1.44 bits per heavy atom. The minimum atomic E-state index is -0.321. The van der Waals surface area contributed by atoms with Crippen LogP contribution in [-0.2, 0) is 4.79 Å². The molecule has 0 aromatic heterocycles. The molecule has 0 fully saturated rings. The van der Waals surface area contributed by atoms with Crippen LogP contribution in [0.1, 0.15) is 13.8 Å². The zero-order chi connectivity index (χ0) is 13.5. The Kier molecular flexibility index (Phi) is 6.15. The van der Waals surface area contributed by atoms with Gasteiger partial charge in [0.2, 0.25) is 5.91 Å². The molecule has 0 aliphatic rings. The number of hydrogen-bond donors (Lipinski definition) is 2. The van der Waals surface area contributed by atoms with Gasteiger partial charge < -0.3 is 10.4 Å². The van der Waals surface area contributed by atoms with Crippen molar-refractivity contribution in [3.05, 3.63) is 30.1 Å². The number of carbonyl (C=O) groups is 1. The number of halogens is 1. The van der Waals surface area contributed by atoms with Gasteiger partial charge in [0.05, 0.1) is 18.4 Å². The highest BCUT2D eigenvalue weighted by atomic mass is 32.2. The first-order valence-electron chi connectivity index (χ1n) is 5.82. The Balaban J connectivity index is 2.44. The third-order valence-electron chi connectivity index (χ3n) is 2.54. The molecule has 0 aliphatic carbocycles. The van der Waals surface area contributed by atoms with E-state index in [1.807, 2.05) is 13.8 Å². The van der Waals surface area contributed by atoms with Crippen LogP contribution >= 0.6 is 11.8 Å². The van der Waals surface area contributed by atoms with Crippen LogP contribution in [0, 0.1) is 11.7 Å².